The van der Waals surface area contributed by atoms with Crippen LogP contribution in [0.2, 0.25) is 0 Å². The zero-order valence-corrected chi connectivity index (χ0v) is 10.1. The molecule has 0 fully saturated rings. The van der Waals surface area contributed by atoms with E-state index in [9.17, 15) is 4.79 Å². The molecular formula is C13H17N3O2. The van der Waals surface area contributed by atoms with Crippen LogP contribution in [0.1, 0.15) is 15.9 Å². The number of nitrogens with two attached hydrogens (primary N) is 2. The van der Waals surface area contributed by atoms with E-state index in [2.05, 4.69) is 0 Å². The highest BCUT2D eigenvalue weighted by molar-refractivity contribution is 5.95. The molecule has 18 heavy (non-hydrogen) atoms. The summed E-state index contributed by atoms with van der Waals surface area (Å²) in [6.07, 6.45) is 2.74. The molecule has 0 bridgehead atoms. The molecule has 5 N–H and O–H groups in total. The lowest BCUT2D eigenvalue weighted by Gasteiger charge is -2.02. The van der Waals surface area contributed by atoms with Gasteiger partial charge in [-0.3, -0.25) is 0 Å². The summed E-state index contributed by atoms with van der Waals surface area (Å²) >= 11 is 0. The zero-order chi connectivity index (χ0) is 13.1. The highest BCUT2D eigenvalue weighted by Gasteiger charge is 2.11. The van der Waals surface area contributed by atoms with Crippen molar-refractivity contribution in [2.75, 3.05) is 13.1 Å². The summed E-state index contributed by atoms with van der Waals surface area (Å²) in [5.74, 6) is -0.915. The number of nitrogens with zero attached hydrogens (tertiary/aromatic N) is 1. The van der Waals surface area contributed by atoms with E-state index in [1.807, 2.05) is 16.8 Å². The number of aromatic carboxylic acids is 1. The third kappa shape index (κ3) is 2.23. The van der Waals surface area contributed by atoms with Crippen LogP contribution in [-0.4, -0.2) is 28.7 Å². The van der Waals surface area contributed by atoms with Crippen LogP contribution in [0.25, 0.3) is 10.9 Å². The monoisotopic (exact) mass is 247 g/mol. The Morgan fingerprint density at radius 1 is 1.28 bits per heavy atom. The van der Waals surface area contributed by atoms with Crippen molar-refractivity contribution in [2.24, 2.45) is 11.5 Å². The number of aromatic nitrogens is 1. The Hall–Kier alpha value is -1.85. The van der Waals surface area contributed by atoms with E-state index in [1.165, 1.54) is 0 Å². The molecule has 96 valence electrons. The average molecular weight is 247 g/mol. The summed E-state index contributed by atoms with van der Waals surface area (Å²) in [6.45, 7) is 1.80. The number of hydrogen-bond donors (Lipinski definition) is 3. The van der Waals surface area contributed by atoms with Crippen LogP contribution in [0, 0.1) is 0 Å². The maximum atomic E-state index is 11.0. The van der Waals surface area contributed by atoms with Gasteiger partial charge in [0.15, 0.2) is 0 Å². The van der Waals surface area contributed by atoms with Crippen LogP contribution in [-0.2, 0) is 13.0 Å². The van der Waals surface area contributed by atoms with E-state index < -0.39 is 5.97 Å². The first-order chi connectivity index (χ1) is 8.67. The standard InChI is InChI=1S/C13H17N3O2/c14-4-3-10-8-16(6-5-15)12-2-1-9(13(17)18)7-11(10)12/h1-2,7-8H,3-6,14-15H2,(H,17,18). The predicted octanol–water partition coefficient (Wildman–Crippen LogP) is 0.799. The van der Waals surface area contributed by atoms with Crippen molar-refractivity contribution < 1.29 is 9.90 Å². The van der Waals surface area contributed by atoms with Crippen LogP contribution in [0.15, 0.2) is 24.4 Å². The molecule has 0 aliphatic heterocycles. The Balaban J connectivity index is 2.59. The smallest absolute Gasteiger partial charge is 0.335 e. The second-order valence-electron chi connectivity index (χ2n) is 4.21. The zero-order valence-electron chi connectivity index (χ0n) is 10.1. The molecule has 0 aliphatic carbocycles. The molecule has 0 atom stereocenters. The van der Waals surface area contributed by atoms with Gasteiger partial charge in [-0.05, 0) is 36.7 Å². The van der Waals surface area contributed by atoms with E-state index in [1.54, 1.807) is 12.1 Å². The molecule has 5 heteroatoms. The molecule has 0 saturated heterocycles. The lowest BCUT2D eigenvalue weighted by atomic mass is 10.1. The Morgan fingerprint density at radius 3 is 2.67 bits per heavy atom. The Bertz CT molecular complexity index is 575. The summed E-state index contributed by atoms with van der Waals surface area (Å²) in [7, 11) is 0. The van der Waals surface area contributed by atoms with E-state index in [4.69, 9.17) is 16.6 Å². The van der Waals surface area contributed by atoms with Crippen molar-refractivity contribution in [1.82, 2.24) is 4.57 Å². The molecular weight excluding hydrogens is 230 g/mol. The van der Waals surface area contributed by atoms with Crippen molar-refractivity contribution in [3.63, 3.8) is 0 Å². The second kappa shape index (κ2) is 5.20. The van der Waals surface area contributed by atoms with Gasteiger partial charge in [0.1, 0.15) is 0 Å². The minimum Gasteiger partial charge on any atom is -0.478 e. The van der Waals surface area contributed by atoms with E-state index >= 15 is 0 Å². The molecule has 1 aromatic carbocycles. The summed E-state index contributed by atoms with van der Waals surface area (Å²) in [4.78, 5) is 11.0. The van der Waals surface area contributed by atoms with Crippen LogP contribution in [0.5, 0.6) is 0 Å². The normalized spacial score (nSPS) is 11.0. The number of fused-ring (bicyclic) bond motifs is 1. The maximum Gasteiger partial charge on any atom is 0.335 e. The fourth-order valence-corrected chi connectivity index (χ4v) is 2.18. The third-order valence-electron chi connectivity index (χ3n) is 2.99. The maximum absolute atomic E-state index is 11.0. The molecule has 1 aromatic heterocycles. The minimum absolute atomic E-state index is 0.297. The molecule has 5 nitrogen and oxygen atoms in total. The van der Waals surface area contributed by atoms with Crippen molar-refractivity contribution in [2.45, 2.75) is 13.0 Å². The summed E-state index contributed by atoms with van der Waals surface area (Å²) < 4.78 is 2.05. The van der Waals surface area contributed by atoms with E-state index in [-0.39, 0.29) is 0 Å². The van der Waals surface area contributed by atoms with E-state index in [0.29, 0.717) is 25.2 Å². The van der Waals surface area contributed by atoms with Crippen LogP contribution >= 0.6 is 0 Å². The quantitative estimate of drug-likeness (QED) is 0.728. The van der Waals surface area contributed by atoms with Gasteiger partial charge in [0.25, 0.3) is 0 Å². The molecule has 1 heterocycles. The first-order valence-corrected chi connectivity index (χ1v) is 5.92. The highest BCUT2D eigenvalue weighted by Crippen LogP contribution is 2.23. The summed E-state index contributed by atoms with van der Waals surface area (Å²) in [5, 5.41) is 9.98. The van der Waals surface area contributed by atoms with Gasteiger partial charge in [0.05, 0.1) is 5.56 Å². The first kappa shape index (κ1) is 12.6. The molecule has 0 radical (unpaired) electrons. The Morgan fingerprint density at radius 2 is 2.06 bits per heavy atom. The third-order valence-corrected chi connectivity index (χ3v) is 2.99. The Labute approximate surface area is 105 Å². The van der Waals surface area contributed by atoms with Crippen molar-refractivity contribution in [3.05, 3.63) is 35.5 Å². The van der Waals surface area contributed by atoms with Gasteiger partial charge >= 0.3 is 5.97 Å². The number of hydrogen-bond acceptors (Lipinski definition) is 3. The SMILES string of the molecule is NCCc1cn(CCN)c2ccc(C(=O)O)cc12. The number of carboxylic acid groups (broad SMARTS) is 1. The first-order valence-electron chi connectivity index (χ1n) is 5.92. The largest absolute Gasteiger partial charge is 0.478 e. The number of benzene rings is 1. The van der Waals surface area contributed by atoms with Crippen molar-refractivity contribution in [3.8, 4) is 0 Å². The number of rotatable bonds is 5. The van der Waals surface area contributed by atoms with Gasteiger partial charge in [-0.1, -0.05) is 0 Å². The van der Waals surface area contributed by atoms with Crippen molar-refractivity contribution >= 4 is 16.9 Å². The highest BCUT2D eigenvalue weighted by atomic mass is 16.4. The lowest BCUT2D eigenvalue weighted by Crippen LogP contribution is -2.08. The number of carboxylic acids is 1. The second-order valence-corrected chi connectivity index (χ2v) is 4.21. The fourth-order valence-electron chi connectivity index (χ4n) is 2.18. The van der Waals surface area contributed by atoms with Crippen LogP contribution in [0.4, 0.5) is 0 Å². The topological polar surface area (TPSA) is 94.3 Å². The molecule has 0 spiro atoms. The van der Waals surface area contributed by atoms with E-state index in [0.717, 1.165) is 22.9 Å². The summed E-state index contributed by atoms with van der Waals surface area (Å²) in [5.41, 5.74) is 13.5. The van der Waals surface area contributed by atoms with Gasteiger partial charge in [-0.15, -0.1) is 0 Å². The molecule has 0 saturated carbocycles. The van der Waals surface area contributed by atoms with Gasteiger partial charge < -0.3 is 21.1 Å². The molecule has 0 aliphatic rings. The van der Waals surface area contributed by atoms with Gasteiger partial charge in [-0.2, -0.15) is 0 Å². The molecule has 2 aromatic rings. The van der Waals surface area contributed by atoms with Gasteiger partial charge in [0, 0.05) is 30.2 Å². The lowest BCUT2D eigenvalue weighted by molar-refractivity contribution is 0.0697. The molecule has 0 amide bonds. The van der Waals surface area contributed by atoms with Gasteiger partial charge in [0.2, 0.25) is 0 Å². The van der Waals surface area contributed by atoms with Crippen LogP contribution < -0.4 is 11.5 Å². The van der Waals surface area contributed by atoms with Crippen molar-refractivity contribution in [1.29, 1.82) is 0 Å². The summed E-state index contributed by atoms with van der Waals surface area (Å²) in [6, 6.07) is 5.15. The number of carbonyl (C=O) groups is 1. The fraction of sp³-hybridized carbons (Fsp3) is 0.308. The predicted molar refractivity (Wildman–Crippen MR) is 70.7 cm³/mol. The minimum atomic E-state index is -0.915. The van der Waals surface area contributed by atoms with Crippen LogP contribution in [0.3, 0.4) is 0 Å². The average Bonchev–Trinajstić information content (AvgIpc) is 2.68. The molecule has 0 unspecified atom stereocenters. The van der Waals surface area contributed by atoms with Gasteiger partial charge in [-0.25, -0.2) is 4.79 Å². The molecule has 2 rings (SSSR count). The Kier molecular flexibility index (Phi) is 3.64.